The number of Topliss-reactive ketones (excluding diaryl/α,β-unsaturated/α-hetero) is 1. The largest absolute Gasteiger partial charge is 0.328 e. The molecule has 0 radical (unpaired) electrons. The first kappa shape index (κ1) is 15.4. The molecule has 0 spiro atoms. The van der Waals surface area contributed by atoms with E-state index in [1.165, 1.54) is 11.8 Å². The number of anilines is 1. The van der Waals surface area contributed by atoms with Crippen LogP contribution in [-0.4, -0.2) is 31.8 Å². The smallest absolute Gasteiger partial charge is 0.227 e. The number of pyridine rings is 1. The van der Waals surface area contributed by atoms with Gasteiger partial charge >= 0.3 is 0 Å². The van der Waals surface area contributed by atoms with Crippen LogP contribution in [0.2, 0.25) is 0 Å². The Labute approximate surface area is 144 Å². The van der Waals surface area contributed by atoms with Gasteiger partial charge < -0.3 is 5.32 Å². The number of allylic oxidation sites excluding steroid dienone is 2. The first-order valence-corrected chi connectivity index (χ1v) is 9.15. The van der Waals surface area contributed by atoms with Crippen LogP contribution in [0.3, 0.4) is 0 Å². The van der Waals surface area contributed by atoms with Crippen molar-refractivity contribution in [2.45, 2.75) is 37.9 Å². The molecule has 0 saturated carbocycles. The van der Waals surface area contributed by atoms with Gasteiger partial charge in [-0.15, -0.1) is 5.10 Å². The number of fused-ring (bicyclic) bond motifs is 1. The maximum atomic E-state index is 12.9. The molecule has 0 unspecified atom stereocenters. The number of thioether (sulfide) groups is 1. The zero-order valence-corrected chi connectivity index (χ0v) is 14.7. The van der Waals surface area contributed by atoms with Crippen LogP contribution in [0.15, 0.2) is 41.0 Å². The number of rotatable bonds is 2. The van der Waals surface area contributed by atoms with Crippen molar-refractivity contribution < 1.29 is 4.79 Å². The van der Waals surface area contributed by atoms with Gasteiger partial charge in [0.25, 0.3) is 0 Å². The van der Waals surface area contributed by atoms with Gasteiger partial charge in [0, 0.05) is 30.1 Å². The lowest BCUT2D eigenvalue weighted by Crippen LogP contribution is -2.36. The second kappa shape index (κ2) is 5.44. The Hall–Kier alpha value is -2.15. The third kappa shape index (κ3) is 2.43. The average Bonchev–Trinajstić information content (AvgIpc) is 2.95. The van der Waals surface area contributed by atoms with Gasteiger partial charge in [0.05, 0.1) is 0 Å². The fraction of sp³-hybridized carbons (Fsp3) is 0.412. The highest BCUT2D eigenvalue weighted by Gasteiger charge is 2.41. The van der Waals surface area contributed by atoms with Crippen molar-refractivity contribution in [1.29, 1.82) is 0 Å². The summed E-state index contributed by atoms with van der Waals surface area (Å²) in [6.45, 7) is 4.25. The van der Waals surface area contributed by atoms with E-state index >= 15 is 0 Å². The molecule has 6 nitrogen and oxygen atoms in total. The van der Waals surface area contributed by atoms with Gasteiger partial charge in [0.1, 0.15) is 6.04 Å². The van der Waals surface area contributed by atoms with Gasteiger partial charge in [-0.3, -0.25) is 9.78 Å². The zero-order chi connectivity index (χ0) is 16.9. The fourth-order valence-corrected chi connectivity index (χ4v) is 3.87. The molecule has 2 aromatic rings. The zero-order valence-electron chi connectivity index (χ0n) is 13.9. The minimum absolute atomic E-state index is 0.0487. The monoisotopic (exact) mass is 341 g/mol. The van der Waals surface area contributed by atoms with Crippen LogP contribution in [0.25, 0.3) is 0 Å². The number of carbonyl (C=O) groups excluding carboxylic acids is 1. The molecule has 24 heavy (non-hydrogen) atoms. The van der Waals surface area contributed by atoms with Crippen molar-refractivity contribution >= 4 is 23.5 Å². The van der Waals surface area contributed by atoms with Gasteiger partial charge in [0.2, 0.25) is 11.1 Å². The predicted octanol–water partition coefficient (Wildman–Crippen LogP) is 3.05. The first-order chi connectivity index (χ1) is 11.5. The fourth-order valence-electron chi connectivity index (χ4n) is 3.52. The molecule has 2 aromatic heterocycles. The minimum atomic E-state index is -0.262. The summed E-state index contributed by atoms with van der Waals surface area (Å²) < 4.78 is 1.82. The van der Waals surface area contributed by atoms with E-state index < -0.39 is 0 Å². The normalized spacial score (nSPS) is 22.0. The topological polar surface area (TPSA) is 72.7 Å². The Morgan fingerprint density at radius 2 is 2.21 bits per heavy atom. The summed E-state index contributed by atoms with van der Waals surface area (Å²) >= 11 is 1.49. The first-order valence-electron chi connectivity index (χ1n) is 7.92. The highest BCUT2D eigenvalue weighted by atomic mass is 32.2. The molecule has 124 valence electrons. The van der Waals surface area contributed by atoms with Crippen molar-refractivity contribution in [3.63, 3.8) is 0 Å². The van der Waals surface area contributed by atoms with Gasteiger partial charge in [-0.05, 0) is 29.7 Å². The Morgan fingerprint density at radius 3 is 2.92 bits per heavy atom. The van der Waals surface area contributed by atoms with E-state index in [-0.39, 0.29) is 17.2 Å². The lowest BCUT2D eigenvalue weighted by Gasteiger charge is -2.38. The van der Waals surface area contributed by atoms with Crippen molar-refractivity contribution in [2.24, 2.45) is 5.41 Å². The SMILES string of the molecule is CSc1nc2n(n1)[C@@H](c1cccnc1)C1=C(CC(C)(C)CC1=O)N2. The average molecular weight is 341 g/mol. The van der Waals surface area contributed by atoms with Crippen molar-refractivity contribution in [1.82, 2.24) is 19.7 Å². The number of hydrogen-bond acceptors (Lipinski definition) is 6. The van der Waals surface area contributed by atoms with E-state index in [9.17, 15) is 4.79 Å². The van der Waals surface area contributed by atoms with Crippen LogP contribution < -0.4 is 5.32 Å². The molecule has 3 heterocycles. The summed E-state index contributed by atoms with van der Waals surface area (Å²) in [6.07, 6.45) is 6.86. The van der Waals surface area contributed by atoms with Crippen molar-refractivity contribution in [2.75, 3.05) is 11.6 Å². The van der Waals surface area contributed by atoms with E-state index in [2.05, 4.69) is 34.2 Å². The van der Waals surface area contributed by atoms with Crippen molar-refractivity contribution in [3.05, 3.63) is 41.4 Å². The molecule has 1 aliphatic carbocycles. The standard InChI is InChI=1S/C17H19N5OS/c1-17(2)7-11-13(12(23)8-17)14(10-5-4-6-18-9-10)22-15(19-11)20-16(21-22)24-3/h4-6,9,14H,7-8H2,1-3H3,(H,19,20,21)/t14-/m0/s1. The van der Waals surface area contributed by atoms with Crippen LogP contribution in [-0.2, 0) is 4.79 Å². The maximum absolute atomic E-state index is 12.9. The third-order valence-electron chi connectivity index (χ3n) is 4.50. The highest BCUT2D eigenvalue weighted by Crippen LogP contribution is 2.45. The Kier molecular flexibility index (Phi) is 3.49. The third-order valence-corrected chi connectivity index (χ3v) is 5.03. The van der Waals surface area contributed by atoms with E-state index in [0.717, 1.165) is 23.3 Å². The second-order valence-corrected chi connectivity index (χ2v) is 7.79. The van der Waals surface area contributed by atoms with Crippen LogP contribution in [0.4, 0.5) is 5.95 Å². The summed E-state index contributed by atoms with van der Waals surface area (Å²) in [4.78, 5) is 21.7. The molecule has 2 aliphatic rings. The summed E-state index contributed by atoms with van der Waals surface area (Å²) in [5, 5.41) is 8.63. The van der Waals surface area contributed by atoms with Crippen LogP contribution in [0.1, 0.15) is 38.3 Å². The lowest BCUT2D eigenvalue weighted by molar-refractivity contribution is -0.118. The van der Waals surface area contributed by atoms with Crippen LogP contribution >= 0.6 is 11.8 Å². The van der Waals surface area contributed by atoms with Crippen LogP contribution in [0, 0.1) is 5.41 Å². The summed E-state index contributed by atoms with van der Waals surface area (Å²) in [6, 6.07) is 3.62. The molecular weight excluding hydrogens is 322 g/mol. The number of ketones is 1. The number of nitrogens with one attached hydrogen (secondary N) is 1. The lowest BCUT2D eigenvalue weighted by atomic mass is 9.73. The molecule has 1 atom stereocenters. The minimum Gasteiger partial charge on any atom is -0.328 e. The van der Waals surface area contributed by atoms with Gasteiger partial charge in [0.15, 0.2) is 5.78 Å². The van der Waals surface area contributed by atoms with Gasteiger partial charge in [-0.1, -0.05) is 31.7 Å². The quantitative estimate of drug-likeness (QED) is 0.847. The molecular formula is C17H19N5OS. The molecule has 0 aromatic carbocycles. The molecule has 7 heteroatoms. The van der Waals surface area contributed by atoms with Crippen LogP contribution in [0.5, 0.6) is 0 Å². The van der Waals surface area contributed by atoms with E-state index in [4.69, 9.17) is 0 Å². The maximum Gasteiger partial charge on any atom is 0.227 e. The van der Waals surface area contributed by atoms with Gasteiger partial charge in [-0.2, -0.15) is 4.98 Å². The van der Waals surface area contributed by atoms with E-state index in [1.807, 2.05) is 23.1 Å². The Morgan fingerprint density at radius 1 is 1.38 bits per heavy atom. The van der Waals surface area contributed by atoms with Gasteiger partial charge in [-0.25, -0.2) is 4.68 Å². The van der Waals surface area contributed by atoms with Crippen molar-refractivity contribution in [3.8, 4) is 0 Å². The number of hydrogen-bond donors (Lipinski definition) is 1. The molecule has 0 bridgehead atoms. The predicted molar refractivity (Wildman–Crippen MR) is 92.8 cm³/mol. The van der Waals surface area contributed by atoms with E-state index in [1.54, 1.807) is 12.4 Å². The number of aromatic nitrogens is 4. The molecule has 4 rings (SSSR count). The molecule has 1 aliphatic heterocycles. The number of carbonyl (C=O) groups is 1. The summed E-state index contributed by atoms with van der Waals surface area (Å²) in [7, 11) is 0. The second-order valence-electron chi connectivity index (χ2n) is 7.01. The molecule has 1 N–H and O–H groups in total. The Balaban J connectivity index is 1.91. The summed E-state index contributed by atoms with van der Waals surface area (Å²) in [5.74, 6) is 0.868. The molecule has 0 fully saturated rings. The Bertz CT molecular complexity index is 840. The summed E-state index contributed by atoms with van der Waals surface area (Å²) in [5.41, 5.74) is 2.68. The molecule has 0 amide bonds. The molecule has 0 saturated heterocycles. The highest BCUT2D eigenvalue weighted by molar-refractivity contribution is 7.98. The van der Waals surface area contributed by atoms with E-state index in [0.29, 0.717) is 17.5 Å². The number of nitrogens with zero attached hydrogens (tertiary/aromatic N) is 4.